The van der Waals surface area contributed by atoms with Crippen LogP contribution in [0.4, 0.5) is 0 Å². The topological polar surface area (TPSA) is 91.8 Å². The highest BCUT2D eigenvalue weighted by molar-refractivity contribution is 7.11. The molecule has 2 amide bonds. The van der Waals surface area contributed by atoms with Gasteiger partial charge in [-0.15, -0.1) is 11.3 Å². The highest BCUT2D eigenvalue weighted by Gasteiger charge is 2.37. The Bertz CT molecular complexity index is 914. The highest BCUT2D eigenvalue weighted by atomic mass is 32.1. The minimum atomic E-state index is -0.829. The standard InChI is InChI=1S/C22H29N3O4S/c1-13-6-14(2)8-15(7-13)29-11-18(27)24-16-9-25(10-17(16)26)21(28)19-20(22(3,4)5)23-12-30-19/h6-8,12,16-17,26H,9-11H2,1-5H3,(H,24,27)/t16-,17-/m1/s1. The van der Waals surface area contributed by atoms with Crippen LogP contribution in [0.25, 0.3) is 0 Å². The van der Waals surface area contributed by atoms with Gasteiger partial charge in [-0.1, -0.05) is 26.8 Å². The molecule has 1 aromatic heterocycles. The number of hydrogen-bond donors (Lipinski definition) is 2. The Balaban J connectivity index is 1.58. The molecule has 0 aliphatic carbocycles. The fourth-order valence-electron chi connectivity index (χ4n) is 3.58. The van der Waals surface area contributed by atoms with Gasteiger partial charge in [-0.3, -0.25) is 9.59 Å². The lowest BCUT2D eigenvalue weighted by atomic mass is 9.91. The zero-order chi connectivity index (χ0) is 22.1. The van der Waals surface area contributed by atoms with E-state index in [1.165, 1.54) is 11.3 Å². The van der Waals surface area contributed by atoms with Crippen molar-refractivity contribution in [2.24, 2.45) is 0 Å². The molecular weight excluding hydrogens is 402 g/mol. The van der Waals surface area contributed by atoms with Crippen LogP contribution in [0.5, 0.6) is 5.75 Å². The third-order valence-electron chi connectivity index (χ3n) is 4.96. The number of benzene rings is 1. The number of nitrogens with one attached hydrogen (secondary N) is 1. The van der Waals surface area contributed by atoms with Crippen LogP contribution >= 0.6 is 11.3 Å². The molecule has 2 aromatic rings. The SMILES string of the molecule is Cc1cc(C)cc(OCC(=O)N[C@@H]2CN(C(=O)c3scnc3C(C)(C)C)C[C@H]2O)c1. The first-order valence-corrected chi connectivity index (χ1v) is 10.8. The molecule has 0 saturated carbocycles. The maximum absolute atomic E-state index is 13.0. The summed E-state index contributed by atoms with van der Waals surface area (Å²) in [5.74, 6) is 0.136. The summed E-state index contributed by atoms with van der Waals surface area (Å²) in [7, 11) is 0. The van der Waals surface area contributed by atoms with Crippen molar-refractivity contribution in [2.75, 3.05) is 19.7 Å². The van der Waals surface area contributed by atoms with Crippen molar-refractivity contribution in [2.45, 2.75) is 52.2 Å². The number of thiazole rings is 1. The molecular formula is C22H29N3O4S. The van der Waals surface area contributed by atoms with Crippen LogP contribution in [0.15, 0.2) is 23.7 Å². The van der Waals surface area contributed by atoms with Crippen LogP contribution in [-0.2, 0) is 10.2 Å². The first-order valence-electron chi connectivity index (χ1n) is 9.96. The Morgan fingerprint density at radius 3 is 2.53 bits per heavy atom. The number of aryl methyl sites for hydroxylation is 2. The van der Waals surface area contributed by atoms with E-state index in [-0.39, 0.29) is 36.9 Å². The molecule has 0 spiro atoms. The summed E-state index contributed by atoms with van der Waals surface area (Å²) in [4.78, 5) is 31.8. The highest BCUT2D eigenvalue weighted by Crippen LogP contribution is 2.29. The van der Waals surface area contributed by atoms with Crippen molar-refractivity contribution in [1.82, 2.24) is 15.2 Å². The molecule has 1 aliphatic rings. The molecule has 1 saturated heterocycles. The fourth-order valence-corrected chi connectivity index (χ4v) is 4.55. The van der Waals surface area contributed by atoms with E-state index in [1.807, 2.05) is 52.8 Å². The van der Waals surface area contributed by atoms with E-state index in [9.17, 15) is 14.7 Å². The number of aliphatic hydroxyl groups excluding tert-OH is 1. The number of rotatable bonds is 5. The molecule has 162 valence electrons. The summed E-state index contributed by atoms with van der Waals surface area (Å²) >= 11 is 1.30. The summed E-state index contributed by atoms with van der Waals surface area (Å²) in [5, 5.41) is 13.2. The number of β-amino-alcohol motifs (C(OH)–C–C–N with tert-alkyl or cyclic N) is 1. The minimum absolute atomic E-state index is 0.150. The smallest absolute Gasteiger partial charge is 0.266 e. The number of likely N-dealkylation sites (tertiary alicyclic amines) is 1. The van der Waals surface area contributed by atoms with Crippen molar-refractivity contribution in [3.63, 3.8) is 0 Å². The van der Waals surface area contributed by atoms with Gasteiger partial charge in [0, 0.05) is 18.5 Å². The van der Waals surface area contributed by atoms with E-state index >= 15 is 0 Å². The summed E-state index contributed by atoms with van der Waals surface area (Å²) in [6.07, 6.45) is -0.829. The van der Waals surface area contributed by atoms with Crippen LogP contribution < -0.4 is 10.1 Å². The molecule has 7 nitrogen and oxygen atoms in total. The second-order valence-corrected chi connectivity index (χ2v) is 9.70. The predicted octanol–water partition coefficient (Wildman–Crippen LogP) is 2.44. The molecule has 2 heterocycles. The van der Waals surface area contributed by atoms with E-state index in [4.69, 9.17) is 4.74 Å². The van der Waals surface area contributed by atoms with E-state index in [2.05, 4.69) is 10.3 Å². The van der Waals surface area contributed by atoms with Crippen molar-refractivity contribution in [1.29, 1.82) is 0 Å². The fraction of sp³-hybridized carbons (Fsp3) is 0.500. The second-order valence-electron chi connectivity index (χ2n) is 8.84. The van der Waals surface area contributed by atoms with Gasteiger partial charge in [-0.25, -0.2) is 4.98 Å². The van der Waals surface area contributed by atoms with Crippen molar-refractivity contribution < 1.29 is 19.4 Å². The van der Waals surface area contributed by atoms with Crippen LogP contribution in [0, 0.1) is 13.8 Å². The summed E-state index contributed by atoms with van der Waals surface area (Å²) < 4.78 is 5.58. The number of ether oxygens (including phenoxy) is 1. The average molecular weight is 432 g/mol. The maximum Gasteiger partial charge on any atom is 0.266 e. The Kier molecular flexibility index (Phi) is 6.47. The molecule has 0 radical (unpaired) electrons. The Hall–Kier alpha value is -2.45. The van der Waals surface area contributed by atoms with Gasteiger partial charge >= 0.3 is 0 Å². The first kappa shape index (κ1) is 22.2. The number of carbonyl (C=O) groups is 2. The second kappa shape index (κ2) is 8.73. The minimum Gasteiger partial charge on any atom is -0.484 e. The Labute approximate surface area is 181 Å². The van der Waals surface area contributed by atoms with Crippen molar-refractivity contribution in [3.05, 3.63) is 45.4 Å². The number of hydrogen-bond acceptors (Lipinski definition) is 6. The lowest BCUT2D eigenvalue weighted by molar-refractivity contribution is -0.124. The van der Waals surface area contributed by atoms with Crippen molar-refractivity contribution >= 4 is 23.2 Å². The number of carbonyl (C=O) groups excluding carboxylic acids is 2. The number of aliphatic hydroxyl groups is 1. The molecule has 2 N–H and O–H groups in total. The third kappa shape index (κ3) is 5.17. The monoisotopic (exact) mass is 431 g/mol. The lowest BCUT2D eigenvalue weighted by Crippen LogP contribution is -2.45. The van der Waals surface area contributed by atoms with E-state index in [1.54, 1.807) is 10.4 Å². The van der Waals surface area contributed by atoms with E-state index < -0.39 is 12.1 Å². The zero-order valence-electron chi connectivity index (χ0n) is 18.1. The Morgan fingerprint density at radius 2 is 1.90 bits per heavy atom. The number of nitrogens with zero attached hydrogens (tertiary/aromatic N) is 2. The van der Waals surface area contributed by atoms with Crippen LogP contribution in [0.3, 0.4) is 0 Å². The number of amides is 2. The maximum atomic E-state index is 13.0. The lowest BCUT2D eigenvalue weighted by Gasteiger charge is -2.20. The van der Waals surface area contributed by atoms with E-state index in [0.717, 1.165) is 16.8 Å². The van der Waals surface area contributed by atoms with Gasteiger partial charge in [0.05, 0.1) is 23.4 Å². The molecule has 0 unspecified atom stereocenters. The van der Waals surface area contributed by atoms with Crippen LogP contribution in [0.1, 0.15) is 47.3 Å². The normalized spacial score (nSPS) is 19.1. The summed E-state index contributed by atoms with van der Waals surface area (Å²) in [6.45, 7) is 10.2. The Morgan fingerprint density at radius 1 is 1.23 bits per heavy atom. The first-order chi connectivity index (χ1) is 14.0. The van der Waals surface area contributed by atoms with Gasteiger partial charge in [-0.05, 0) is 37.1 Å². The third-order valence-corrected chi connectivity index (χ3v) is 5.77. The van der Waals surface area contributed by atoms with Gasteiger partial charge in [0.15, 0.2) is 6.61 Å². The van der Waals surface area contributed by atoms with Gasteiger partial charge in [0.25, 0.3) is 11.8 Å². The molecule has 1 aromatic carbocycles. The largest absolute Gasteiger partial charge is 0.484 e. The van der Waals surface area contributed by atoms with E-state index in [0.29, 0.717) is 10.6 Å². The molecule has 1 fully saturated rings. The molecule has 30 heavy (non-hydrogen) atoms. The summed E-state index contributed by atoms with van der Waals surface area (Å²) in [5.41, 5.74) is 4.29. The van der Waals surface area contributed by atoms with Gasteiger partial charge in [0.1, 0.15) is 10.6 Å². The average Bonchev–Trinajstić information content (AvgIpc) is 3.26. The van der Waals surface area contributed by atoms with Crippen LogP contribution in [-0.4, -0.2) is 58.6 Å². The zero-order valence-corrected chi connectivity index (χ0v) is 18.9. The van der Waals surface area contributed by atoms with Gasteiger partial charge in [0.2, 0.25) is 0 Å². The van der Waals surface area contributed by atoms with Gasteiger partial charge < -0.3 is 20.1 Å². The quantitative estimate of drug-likeness (QED) is 0.759. The number of aromatic nitrogens is 1. The molecule has 3 rings (SSSR count). The predicted molar refractivity (Wildman–Crippen MR) is 116 cm³/mol. The van der Waals surface area contributed by atoms with Gasteiger partial charge in [-0.2, -0.15) is 0 Å². The van der Waals surface area contributed by atoms with Crippen molar-refractivity contribution in [3.8, 4) is 5.75 Å². The summed E-state index contributed by atoms with van der Waals surface area (Å²) in [6, 6.07) is 5.23. The molecule has 0 bridgehead atoms. The molecule has 1 aliphatic heterocycles. The molecule has 2 atom stereocenters. The van der Waals surface area contributed by atoms with Crippen LogP contribution in [0.2, 0.25) is 0 Å². The molecule has 8 heteroatoms.